The van der Waals surface area contributed by atoms with Crippen LogP contribution in [0.5, 0.6) is 0 Å². The summed E-state index contributed by atoms with van der Waals surface area (Å²) >= 11 is 0. The van der Waals surface area contributed by atoms with E-state index < -0.39 is 22.4 Å². The van der Waals surface area contributed by atoms with Crippen LogP contribution < -0.4 is 10.2 Å². The van der Waals surface area contributed by atoms with E-state index in [2.05, 4.69) is 25.1 Å². The fourth-order valence-electron chi connectivity index (χ4n) is 2.98. The molecule has 1 aromatic carbocycles. The Hall–Kier alpha value is -2.95. The van der Waals surface area contributed by atoms with Gasteiger partial charge in [-0.2, -0.15) is 13.2 Å². The van der Waals surface area contributed by atoms with Crippen LogP contribution in [0.25, 0.3) is 0 Å². The molecule has 1 saturated heterocycles. The summed E-state index contributed by atoms with van der Waals surface area (Å²) in [4.78, 5) is 23.0. The second-order valence-corrected chi connectivity index (χ2v) is 6.29. The van der Waals surface area contributed by atoms with Gasteiger partial charge in [-0.3, -0.25) is 15.0 Å². The highest BCUT2D eigenvalue weighted by Crippen LogP contribution is 2.34. The van der Waals surface area contributed by atoms with E-state index in [0.717, 1.165) is 38.3 Å². The molecule has 150 valence electrons. The van der Waals surface area contributed by atoms with E-state index in [-0.39, 0.29) is 5.69 Å². The average molecular weight is 396 g/mol. The van der Waals surface area contributed by atoms with Crippen LogP contribution in [0.4, 0.5) is 30.5 Å². The van der Waals surface area contributed by atoms with E-state index in [9.17, 15) is 23.3 Å². The van der Waals surface area contributed by atoms with E-state index in [0.29, 0.717) is 25.1 Å². The monoisotopic (exact) mass is 396 g/mol. The lowest BCUT2D eigenvalue weighted by atomic mass is 10.1. The van der Waals surface area contributed by atoms with Crippen molar-refractivity contribution in [1.29, 1.82) is 0 Å². The van der Waals surface area contributed by atoms with Gasteiger partial charge in [0.05, 0.1) is 10.5 Å². The molecular weight excluding hydrogens is 377 g/mol. The van der Waals surface area contributed by atoms with E-state index in [4.69, 9.17) is 0 Å². The average Bonchev–Trinajstić information content (AvgIpc) is 2.68. The van der Waals surface area contributed by atoms with Crippen LogP contribution in [0.15, 0.2) is 36.7 Å². The van der Waals surface area contributed by atoms with Crippen molar-refractivity contribution in [3.05, 3.63) is 52.3 Å². The van der Waals surface area contributed by atoms with Crippen molar-refractivity contribution in [2.24, 2.45) is 0 Å². The molecule has 11 heteroatoms. The van der Waals surface area contributed by atoms with Gasteiger partial charge in [-0.15, -0.1) is 0 Å². The van der Waals surface area contributed by atoms with Crippen molar-refractivity contribution in [1.82, 2.24) is 14.9 Å². The first kappa shape index (κ1) is 19.8. The first-order valence-electron chi connectivity index (χ1n) is 8.68. The highest BCUT2D eigenvalue weighted by atomic mass is 19.4. The molecule has 0 aliphatic carbocycles. The van der Waals surface area contributed by atoms with Crippen molar-refractivity contribution in [2.75, 3.05) is 49.5 Å². The molecule has 1 aromatic heterocycles. The summed E-state index contributed by atoms with van der Waals surface area (Å²) in [6.45, 7) is 4.05. The number of benzene rings is 1. The van der Waals surface area contributed by atoms with E-state index in [1.54, 1.807) is 18.5 Å². The van der Waals surface area contributed by atoms with Gasteiger partial charge in [-0.05, 0) is 18.2 Å². The summed E-state index contributed by atoms with van der Waals surface area (Å²) < 4.78 is 38.2. The number of hydrogen-bond donors (Lipinski definition) is 1. The number of halogens is 3. The smallest absolute Gasteiger partial charge is 0.378 e. The number of nitrogens with one attached hydrogen (secondary N) is 1. The number of hydrogen-bond acceptors (Lipinski definition) is 7. The molecule has 0 radical (unpaired) electrons. The highest BCUT2D eigenvalue weighted by molar-refractivity contribution is 5.63. The molecule has 8 nitrogen and oxygen atoms in total. The van der Waals surface area contributed by atoms with Gasteiger partial charge in [0, 0.05) is 57.7 Å². The van der Waals surface area contributed by atoms with Crippen molar-refractivity contribution in [2.45, 2.75) is 6.18 Å². The Kier molecular flexibility index (Phi) is 5.93. The van der Waals surface area contributed by atoms with Crippen LogP contribution in [0.1, 0.15) is 5.56 Å². The van der Waals surface area contributed by atoms with Gasteiger partial charge < -0.3 is 10.2 Å². The lowest BCUT2D eigenvalue weighted by Gasteiger charge is -2.34. The quantitative estimate of drug-likeness (QED) is 0.593. The van der Waals surface area contributed by atoms with Gasteiger partial charge in [0.15, 0.2) is 0 Å². The minimum atomic E-state index is -4.62. The summed E-state index contributed by atoms with van der Waals surface area (Å²) in [6, 6.07) is 4.26. The molecule has 3 rings (SSSR count). The first-order valence-corrected chi connectivity index (χ1v) is 8.68. The topological polar surface area (TPSA) is 87.4 Å². The Bertz CT molecular complexity index is 810. The molecule has 1 aliphatic heterocycles. The van der Waals surface area contributed by atoms with Crippen LogP contribution in [0.3, 0.4) is 0 Å². The molecule has 1 aliphatic rings. The fraction of sp³-hybridized carbons (Fsp3) is 0.412. The SMILES string of the molecule is O=[N+]([O-])c1cc(C(F)(F)F)ccc1NCCN1CCN(c2ncccn2)CC1. The maximum Gasteiger partial charge on any atom is 0.416 e. The molecule has 2 heterocycles. The number of nitro groups is 1. The highest BCUT2D eigenvalue weighted by Gasteiger charge is 2.33. The Morgan fingerprint density at radius 3 is 2.43 bits per heavy atom. The van der Waals surface area contributed by atoms with Crippen molar-refractivity contribution < 1.29 is 18.1 Å². The van der Waals surface area contributed by atoms with Crippen molar-refractivity contribution in [3.8, 4) is 0 Å². The summed E-state index contributed by atoms with van der Waals surface area (Å²) in [5.74, 6) is 0.681. The van der Waals surface area contributed by atoms with Crippen LogP contribution in [-0.2, 0) is 6.18 Å². The third-order valence-electron chi connectivity index (χ3n) is 4.47. The predicted octanol–water partition coefficient (Wildman–Crippen LogP) is 2.64. The summed E-state index contributed by atoms with van der Waals surface area (Å²) in [7, 11) is 0. The Morgan fingerprint density at radius 1 is 1.14 bits per heavy atom. The van der Waals surface area contributed by atoms with Crippen LogP contribution in [0, 0.1) is 10.1 Å². The predicted molar refractivity (Wildman–Crippen MR) is 97.3 cm³/mol. The van der Waals surface area contributed by atoms with E-state index >= 15 is 0 Å². The number of nitrogens with zero attached hydrogens (tertiary/aromatic N) is 5. The zero-order valence-electron chi connectivity index (χ0n) is 14.9. The number of alkyl halides is 3. The third kappa shape index (κ3) is 4.85. The van der Waals surface area contributed by atoms with Gasteiger partial charge in [-0.1, -0.05) is 0 Å². The minimum Gasteiger partial charge on any atom is -0.378 e. The van der Waals surface area contributed by atoms with Crippen LogP contribution in [0.2, 0.25) is 0 Å². The number of aromatic nitrogens is 2. The number of anilines is 2. The summed E-state index contributed by atoms with van der Waals surface area (Å²) in [5, 5.41) is 14.0. The number of rotatable bonds is 6. The first-order chi connectivity index (χ1) is 13.3. The maximum atomic E-state index is 12.7. The molecule has 0 spiro atoms. The second kappa shape index (κ2) is 8.38. The van der Waals surface area contributed by atoms with Gasteiger partial charge in [0.25, 0.3) is 5.69 Å². The third-order valence-corrected chi connectivity index (χ3v) is 4.47. The largest absolute Gasteiger partial charge is 0.416 e. The van der Waals surface area contributed by atoms with Crippen molar-refractivity contribution in [3.63, 3.8) is 0 Å². The fourth-order valence-corrected chi connectivity index (χ4v) is 2.98. The molecule has 28 heavy (non-hydrogen) atoms. The Labute approximate surface area is 159 Å². The Morgan fingerprint density at radius 2 is 1.82 bits per heavy atom. The molecule has 2 aromatic rings. The molecule has 0 unspecified atom stereocenters. The molecule has 0 atom stereocenters. The molecule has 0 amide bonds. The number of nitro benzene ring substituents is 1. The van der Waals surface area contributed by atoms with Crippen molar-refractivity contribution >= 4 is 17.3 Å². The molecule has 0 saturated carbocycles. The van der Waals surface area contributed by atoms with E-state index in [1.165, 1.54) is 0 Å². The summed E-state index contributed by atoms with van der Waals surface area (Å²) in [5.41, 5.74) is -1.54. The molecule has 0 bridgehead atoms. The van der Waals surface area contributed by atoms with E-state index in [1.807, 2.05) is 0 Å². The standard InChI is InChI=1S/C17H19F3N6O2/c18-17(19,20)13-2-3-14(15(12-13)26(27)28)21-6-7-24-8-10-25(11-9-24)16-22-4-1-5-23-16/h1-5,12,21H,6-11H2. The second-order valence-electron chi connectivity index (χ2n) is 6.29. The maximum absolute atomic E-state index is 12.7. The number of piperazine rings is 1. The zero-order valence-corrected chi connectivity index (χ0v) is 14.9. The molecule has 1 N–H and O–H groups in total. The summed E-state index contributed by atoms with van der Waals surface area (Å²) in [6.07, 6.45) is -1.24. The normalized spacial score (nSPS) is 15.5. The molecular formula is C17H19F3N6O2. The Balaban J connectivity index is 1.52. The lowest BCUT2D eigenvalue weighted by molar-refractivity contribution is -0.384. The van der Waals surface area contributed by atoms with Gasteiger partial charge in [0.1, 0.15) is 5.69 Å². The zero-order chi connectivity index (χ0) is 20.1. The van der Waals surface area contributed by atoms with Gasteiger partial charge >= 0.3 is 6.18 Å². The minimum absolute atomic E-state index is 0.0781. The van der Waals surface area contributed by atoms with Gasteiger partial charge in [0.2, 0.25) is 5.95 Å². The van der Waals surface area contributed by atoms with Crippen LogP contribution in [-0.4, -0.2) is 59.1 Å². The van der Waals surface area contributed by atoms with Crippen LogP contribution >= 0.6 is 0 Å². The lowest BCUT2D eigenvalue weighted by Crippen LogP contribution is -2.48. The molecule has 1 fully saturated rings. The van der Waals surface area contributed by atoms with Gasteiger partial charge in [-0.25, -0.2) is 9.97 Å².